The van der Waals surface area contributed by atoms with Crippen LogP contribution in [0.2, 0.25) is 0 Å². The van der Waals surface area contributed by atoms with Gasteiger partial charge in [-0.15, -0.1) is 0 Å². The molecule has 0 radical (unpaired) electrons. The fraction of sp³-hybridized carbons (Fsp3) is 0.250. The van der Waals surface area contributed by atoms with E-state index in [0.29, 0.717) is 29.1 Å². The number of nitrogens with zero attached hydrogens (tertiary/aromatic N) is 2. The summed E-state index contributed by atoms with van der Waals surface area (Å²) in [7, 11) is 3.37. The SMILES string of the molecule is CN(C)C(=O)c1cccc(OCC2CN(c3ccc(C(=N)N)cc3)C(=O)O2)c1. The van der Waals surface area contributed by atoms with Gasteiger partial charge < -0.3 is 20.1 Å². The van der Waals surface area contributed by atoms with Crippen molar-refractivity contribution in [3.05, 3.63) is 59.7 Å². The zero-order valence-electron chi connectivity index (χ0n) is 15.7. The Labute approximate surface area is 162 Å². The largest absolute Gasteiger partial charge is 0.490 e. The summed E-state index contributed by atoms with van der Waals surface area (Å²) in [5.41, 5.74) is 7.22. The Morgan fingerprint density at radius 3 is 2.61 bits per heavy atom. The molecule has 0 bridgehead atoms. The highest BCUT2D eigenvalue weighted by molar-refractivity contribution is 5.96. The van der Waals surface area contributed by atoms with E-state index in [1.807, 2.05) is 0 Å². The van der Waals surface area contributed by atoms with Crippen molar-refractivity contribution in [2.45, 2.75) is 6.10 Å². The van der Waals surface area contributed by atoms with E-state index in [4.69, 9.17) is 20.6 Å². The Balaban J connectivity index is 1.61. The average molecular weight is 382 g/mol. The first kappa shape index (κ1) is 19.2. The molecule has 3 rings (SSSR count). The van der Waals surface area contributed by atoms with Gasteiger partial charge in [0, 0.05) is 30.9 Å². The summed E-state index contributed by atoms with van der Waals surface area (Å²) in [6.07, 6.45) is -0.895. The number of cyclic esters (lactones) is 1. The van der Waals surface area contributed by atoms with Gasteiger partial charge in [0.05, 0.1) is 6.54 Å². The van der Waals surface area contributed by atoms with Gasteiger partial charge in [0.1, 0.15) is 18.2 Å². The minimum atomic E-state index is -0.458. The number of hydrogen-bond donors (Lipinski definition) is 2. The second-order valence-corrected chi connectivity index (χ2v) is 6.62. The van der Waals surface area contributed by atoms with E-state index in [1.54, 1.807) is 62.6 Å². The van der Waals surface area contributed by atoms with Crippen LogP contribution < -0.4 is 15.4 Å². The molecule has 1 atom stereocenters. The van der Waals surface area contributed by atoms with E-state index >= 15 is 0 Å². The molecule has 2 amide bonds. The standard InChI is InChI=1S/C20H22N4O4/c1-23(2)19(25)14-4-3-5-16(10-14)27-12-17-11-24(20(26)28-17)15-8-6-13(7-9-15)18(21)22/h3-10,17H,11-12H2,1-2H3,(H3,21,22). The molecule has 1 aliphatic heterocycles. The molecule has 1 saturated heterocycles. The Morgan fingerprint density at radius 2 is 1.96 bits per heavy atom. The lowest BCUT2D eigenvalue weighted by atomic mass is 10.2. The third-order valence-electron chi connectivity index (χ3n) is 4.29. The van der Waals surface area contributed by atoms with E-state index in [1.165, 1.54) is 9.80 Å². The number of amidine groups is 1. The predicted octanol–water partition coefficient (Wildman–Crippen LogP) is 2.08. The topological polar surface area (TPSA) is 109 Å². The molecule has 8 nitrogen and oxygen atoms in total. The lowest BCUT2D eigenvalue weighted by Gasteiger charge is -2.14. The van der Waals surface area contributed by atoms with E-state index < -0.39 is 12.2 Å². The number of nitrogens with two attached hydrogens (primary N) is 1. The first-order valence-electron chi connectivity index (χ1n) is 8.72. The maximum Gasteiger partial charge on any atom is 0.414 e. The minimum absolute atomic E-state index is 0.0307. The maximum absolute atomic E-state index is 12.2. The number of anilines is 1. The molecule has 0 aromatic heterocycles. The number of rotatable bonds is 6. The van der Waals surface area contributed by atoms with Gasteiger partial charge in [0.15, 0.2) is 6.10 Å². The number of carbonyl (C=O) groups excluding carboxylic acids is 2. The molecule has 0 aliphatic carbocycles. The molecule has 146 valence electrons. The van der Waals surface area contributed by atoms with E-state index in [2.05, 4.69) is 0 Å². The van der Waals surface area contributed by atoms with Gasteiger partial charge in [0.25, 0.3) is 5.91 Å². The highest BCUT2D eigenvalue weighted by Gasteiger charge is 2.32. The van der Waals surface area contributed by atoms with Crippen LogP contribution in [0.3, 0.4) is 0 Å². The Kier molecular flexibility index (Phi) is 5.49. The second kappa shape index (κ2) is 7.99. The van der Waals surface area contributed by atoms with E-state index in [0.717, 1.165) is 0 Å². The van der Waals surface area contributed by atoms with Crippen molar-refractivity contribution in [2.24, 2.45) is 5.73 Å². The number of nitrogen functional groups attached to an aromatic ring is 1. The summed E-state index contributed by atoms with van der Waals surface area (Å²) in [6.45, 7) is 0.516. The quantitative estimate of drug-likeness (QED) is 0.587. The number of nitrogens with one attached hydrogen (secondary N) is 1. The zero-order chi connectivity index (χ0) is 20.3. The van der Waals surface area contributed by atoms with Gasteiger partial charge >= 0.3 is 6.09 Å². The van der Waals surface area contributed by atoms with E-state index in [9.17, 15) is 9.59 Å². The minimum Gasteiger partial charge on any atom is -0.490 e. The van der Waals surface area contributed by atoms with Crippen molar-refractivity contribution in [2.75, 3.05) is 32.1 Å². The average Bonchev–Trinajstić information content (AvgIpc) is 3.06. The molecule has 0 saturated carbocycles. The molecule has 28 heavy (non-hydrogen) atoms. The third-order valence-corrected chi connectivity index (χ3v) is 4.29. The summed E-state index contributed by atoms with van der Waals surface area (Å²) >= 11 is 0. The van der Waals surface area contributed by atoms with Crippen LogP contribution in [0.25, 0.3) is 0 Å². The van der Waals surface area contributed by atoms with Crippen LogP contribution in [0.5, 0.6) is 5.75 Å². The normalized spacial score (nSPS) is 15.9. The van der Waals surface area contributed by atoms with E-state index in [-0.39, 0.29) is 18.3 Å². The molecule has 0 spiro atoms. The Hall–Kier alpha value is -3.55. The smallest absolute Gasteiger partial charge is 0.414 e. The number of amides is 2. The first-order chi connectivity index (χ1) is 13.3. The van der Waals surface area contributed by atoms with Crippen LogP contribution in [-0.4, -0.2) is 56.1 Å². The van der Waals surface area contributed by atoms with Crippen molar-refractivity contribution in [1.82, 2.24) is 4.90 Å². The van der Waals surface area contributed by atoms with Gasteiger partial charge in [-0.05, 0) is 42.5 Å². The van der Waals surface area contributed by atoms with Crippen molar-refractivity contribution >= 4 is 23.5 Å². The molecule has 1 fully saturated rings. The van der Waals surface area contributed by atoms with Crippen LogP contribution in [-0.2, 0) is 4.74 Å². The van der Waals surface area contributed by atoms with Gasteiger partial charge in [-0.25, -0.2) is 4.79 Å². The molecule has 2 aromatic rings. The van der Waals surface area contributed by atoms with Gasteiger partial charge in [0.2, 0.25) is 0 Å². The third kappa shape index (κ3) is 4.22. The van der Waals surface area contributed by atoms with Crippen LogP contribution in [0.4, 0.5) is 10.5 Å². The van der Waals surface area contributed by atoms with Crippen molar-refractivity contribution in [1.29, 1.82) is 5.41 Å². The molecule has 2 aromatic carbocycles. The molecule has 1 heterocycles. The van der Waals surface area contributed by atoms with Crippen LogP contribution in [0.1, 0.15) is 15.9 Å². The number of ether oxygens (including phenoxy) is 2. The number of hydrogen-bond acceptors (Lipinski definition) is 5. The van der Waals surface area contributed by atoms with Crippen molar-refractivity contribution < 1.29 is 19.1 Å². The van der Waals surface area contributed by atoms with Gasteiger partial charge in [-0.1, -0.05) is 6.07 Å². The lowest BCUT2D eigenvalue weighted by molar-refractivity contribution is 0.0827. The summed E-state index contributed by atoms with van der Waals surface area (Å²) < 4.78 is 11.1. The molecular formula is C20H22N4O4. The summed E-state index contributed by atoms with van der Waals surface area (Å²) in [5, 5.41) is 7.42. The lowest BCUT2D eigenvalue weighted by Crippen LogP contribution is -2.26. The molecule has 3 N–H and O–H groups in total. The number of benzene rings is 2. The molecule has 1 unspecified atom stereocenters. The van der Waals surface area contributed by atoms with Crippen LogP contribution >= 0.6 is 0 Å². The highest BCUT2D eigenvalue weighted by Crippen LogP contribution is 2.23. The maximum atomic E-state index is 12.2. The molecule has 1 aliphatic rings. The fourth-order valence-electron chi connectivity index (χ4n) is 2.81. The summed E-state index contributed by atoms with van der Waals surface area (Å²) in [5.74, 6) is 0.391. The van der Waals surface area contributed by atoms with Crippen LogP contribution in [0.15, 0.2) is 48.5 Å². The number of carbonyl (C=O) groups is 2. The van der Waals surface area contributed by atoms with Crippen molar-refractivity contribution in [3.63, 3.8) is 0 Å². The summed E-state index contributed by atoms with van der Waals surface area (Å²) in [6, 6.07) is 13.7. The first-order valence-corrected chi connectivity index (χ1v) is 8.72. The van der Waals surface area contributed by atoms with Crippen molar-refractivity contribution in [3.8, 4) is 5.75 Å². The fourth-order valence-corrected chi connectivity index (χ4v) is 2.81. The second-order valence-electron chi connectivity index (χ2n) is 6.62. The zero-order valence-corrected chi connectivity index (χ0v) is 15.7. The summed E-state index contributed by atoms with van der Waals surface area (Å²) in [4.78, 5) is 27.2. The monoisotopic (exact) mass is 382 g/mol. The highest BCUT2D eigenvalue weighted by atomic mass is 16.6. The molecule has 8 heteroatoms. The van der Waals surface area contributed by atoms with Crippen LogP contribution in [0, 0.1) is 5.41 Å². The predicted molar refractivity (Wildman–Crippen MR) is 105 cm³/mol. The van der Waals surface area contributed by atoms with Gasteiger partial charge in [-0.3, -0.25) is 15.1 Å². The Bertz CT molecular complexity index is 895. The molecular weight excluding hydrogens is 360 g/mol. The Morgan fingerprint density at radius 1 is 1.25 bits per heavy atom. The van der Waals surface area contributed by atoms with Gasteiger partial charge in [-0.2, -0.15) is 0 Å².